The van der Waals surface area contributed by atoms with Crippen LogP contribution in [-0.4, -0.2) is 15.0 Å². The van der Waals surface area contributed by atoms with Crippen molar-refractivity contribution in [1.29, 1.82) is 0 Å². The first kappa shape index (κ1) is 15.8. The zero-order valence-electron chi connectivity index (χ0n) is 11.5. The van der Waals surface area contributed by atoms with E-state index in [2.05, 4.69) is 19.2 Å². The molecule has 0 saturated heterocycles. The molecule has 0 radical (unpaired) electrons. The fourth-order valence-electron chi connectivity index (χ4n) is 1.77. The summed E-state index contributed by atoms with van der Waals surface area (Å²) in [4.78, 5) is 0.0754. The van der Waals surface area contributed by atoms with Crippen LogP contribution in [0.2, 0.25) is 0 Å². The van der Waals surface area contributed by atoms with E-state index in [0.29, 0.717) is 17.3 Å². The van der Waals surface area contributed by atoms with Crippen molar-refractivity contribution in [2.24, 2.45) is 11.1 Å². The Morgan fingerprint density at radius 2 is 1.95 bits per heavy atom. The van der Waals surface area contributed by atoms with Gasteiger partial charge in [-0.1, -0.05) is 26.7 Å². The van der Waals surface area contributed by atoms with Gasteiger partial charge in [0.2, 0.25) is 10.0 Å². The quantitative estimate of drug-likeness (QED) is 0.528. The van der Waals surface area contributed by atoms with Crippen molar-refractivity contribution < 1.29 is 8.42 Å². The Hall–Kier alpha value is -1.27. The minimum absolute atomic E-state index is 0.0754. The van der Waals surface area contributed by atoms with Crippen LogP contribution in [0.5, 0.6) is 0 Å². The van der Waals surface area contributed by atoms with Gasteiger partial charge in [-0.3, -0.25) is 0 Å². The molecule has 0 amide bonds. The molecule has 0 aliphatic heterocycles. The SMILES string of the molecule is CC(C)CCCCNc1cc(S(N)(=O)=O)ccc1N. The first-order valence-corrected chi connectivity index (χ1v) is 8.01. The van der Waals surface area contributed by atoms with Crippen LogP contribution in [0.1, 0.15) is 33.1 Å². The lowest BCUT2D eigenvalue weighted by Crippen LogP contribution is -2.13. The van der Waals surface area contributed by atoms with E-state index in [-0.39, 0.29) is 4.90 Å². The standard InChI is InChI=1S/C13H23N3O2S/c1-10(2)5-3-4-8-16-13-9-11(19(15,17)18)6-7-12(13)14/h6-7,9-10,16H,3-5,8,14H2,1-2H3,(H2,15,17,18). The minimum atomic E-state index is -3.68. The van der Waals surface area contributed by atoms with E-state index in [9.17, 15) is 8.42 Å². The Morgan fingerprint density at radius 1 is 1.26 bits per heavy atom. The molecule has 0 fully saturated rings. The van der Waals surface area contributed by atoms with Crippen LogP contribution < -0.4 is 16.2 Å². The van der Waals surface area contributed by atoms with E-state index >= 15 is 0 Å². The second-order valence-electron chi connectivity index (χ2n) is 5.11. The van der Waals surface area contributed by atoms with Crippen LogP contribution in [0, 0.1) is 5.92 Å². The predicted octanol–water partition coefficient (Wildman–Crippen LogP) is 2.15. The van der Waals surface area contributed by atoms with Gasteiger partial charge >= 0.3 is 0 Å². The molecule has 19 heavy (non-hydrogen) atoms. The molecule has 5 N–H and O–H groups in total. The fraction of sp³-hybridized carbons (Fsp3) is 0.538. The number of anilines is 2. The second kappa shape index (κ2) is 6.77. The number of sulfonamides is 1. The highest BCUT2D eigenvalue weighted by Gasteiger charge is 2.09. The number of hydrogen-bond acceptors (Lipinski definition) is 4. The number of unbranched alkanes of at least 4 members (excludes halogenated alkanes) is 1. The van der Waals surface area contributed by atoms with Gasteiger partial charge in [-0.2, -0.15) is 0 Å². The van der Waals surface area contributed by atoms with Gasteiger partial charge in [0.1, 0.15) is 0 Å². The summed E-state index contributed by atoms with van der Waals surface area (Å²) < 4.78 is 22.5. The minimum Gasteiger partial charge on any atom is -0.397 e. The zero-order chi connectivity index (χ0) is 14.5. The van der Waals surface area contributed by atoms with Gasteiger partial charge in [0, 0.05) is 6.54 Å². The van der Waals surface area contributed by atoms with Crippen LogP contribution in [0.15, 0.2) is 23.1 Å². The van der Waals surface area contributed by atoms with Crippen molar-refractivity contribution in [2.75, 3.05) is 17.6 Å². The Labute approximate surface area is 115 Å². The Bertz CT molecular complexity index is 513. The van der Waals surface area contributed by atoms with E-state index in [1.807, 2.05) is 0 Å². The monoisotopic (exact) mass is 285 g/mol. The Balaban J connectivity index is 2.58. The number of nitrogen functional groups attached to an aromatic ring is 1. The van der Waals surface area contributed by atoms with Crippen molar-refractivity contribution >= 4 is 21.4 Å². The normalized spacial score (nSPS) is 11.8. The summed E-state index contributed by atoms with van der Waals surface area (Å²) in [5, 5.41) is 8.24. The molecule has 108 valence electrons. The number of rotatable bonds is 7. The van der Waals surface area contributed by atoms with Crippen molar-refractivity contribution in [3.8, 4) is 0 Å². The highest BCUT2D eigenvalue weighted by Crippen LogP contribution is 2.22. The molecule has 1 aromatic rings. The first-order chi connectivity index (χ1) is 8.80. The summed E-state index contributed by atoms with van der Waals surface area (Å²) in [5.41, 5.74) is 6.94. The van der Waals surface area contributed by atoms with Gasteiger partial charge in [-0.05, 0) is 30.5 Å². The molecule has 0 bridgehead atoms. The smallest absolute Gasteiger partial charge is 0.238 e. The number of benzene rings is 1. The number of hydrogen-bond donors (Lipinski definition) is 3. The maximum absolute atomic E-state index is 11.3. The number of nitrogens with one attached hydrogen (secondary N) is 1. The third-order valence-electron chi connectivity index (χ3n) is 2.88. The highest BCUT2D eigenvalue weighted by atomic mass is 32.2. The third-order valence-corrected chi connectivity index (χ3v) is 3.79. The van der Waals surface area contributed by atoms with Gasteiger partial charge in [0.25, 0.3) is 0 Å². The van der Waals surface area contributed by atoms with Gasteiger partial charge < -0.3 is 11.1 Å². The van der Waals surface area contributed by atoms with E-state index in [1.165, 1.54) is 18.6 Å². The van der Waals surface area contributed by atoms with Crippen LogP contribution in [0.3, 0.4) is 0 Å². The van der Waals surface area contributed by atoms with Crippen LogP contribution in [0.4, 0.5) is 11.4 Å². The van der Waals surface area contributed by atoms with Gasteiger partial charge in [-0.25, -0.2) is 13.6 Å². The van der Waals surface area contributed by atoms with Crippen molar-refractivity contribution in [1.82, 2.24) is 0 Å². The lowest BCUT2D eigenvalue weighted by atomic mass is 10.1. The third kappa shape index (κ3) is 5.48. The average molecular weight is 285 g/mol. The molecule has 0 aliphatic carbocycles. The topological polar surface area (TPSA) is 98.2 Å². The van der Waals surface area contributed by atoms with Crippen molar-refractivity contribution in [2.45, 2.75) is 38.0 Å². The number of nitrogens with two attached hydrogens (primary N) is 2. The van der Waals surface area contributed by atoms with E-state index < -0.39 is 10.0 Å². The molecule has 0 unspecified atom stereocenters. The molecule has 0 atom stereocenters. The molecule has 1 rings (SSSR count). The zero-order valence-corrected chi connectivity index (χ0v) is 12.3. The van der Waals surface area contributed by atoms with Gasteiger partial charge in [0.15, 0.2) is 0 Å². The molecular weight excluding hydrogens is 262 g/mol. The summed E-state index contributed by atoms with van der Waals surface area (Å²) in [6.45, 7) is 5.16. The maximum Gasteiger partial charge on any atom is 0.238 e. The molecule has 5 nitrogen and oxygen atoms in total. The first-order valence-electron chi connectivity index (χ1n) is 6.47. The van der Waals surface area contributed by atoms with Gasteiger partial charge in [-0.15, -0.1) is 0 Å². The van der Waals surface area contributed by atoms with Crippen LogP contribution in [-0.2, 0) is 10.0 Å². The number of primary sulfonamides is 1. The Kier molecular flexibility index (Phi) is 5.62. The largest absolute Gasteiger partial charge is 0.397 e. The summed E-state index contributed by atoms with van der Waals surface area (Å²) in [6, 6.07) is 4.44. The fourth-order valence-corrected chi connectivity index (χ4v) is 2.31. The van der Waals surface area contributed by atoms with Gasteiger partial charge in [0.05, 0.1) is 16.3 Å². The molecule has 0 heterocycles. The summed E-state index contributed by atoms with van der Waals surface area (Å²) in [6.07, 6.45) is 3.35. The summed E-state index contributed by atoms with van der Waals surface area (Å²) in [5.74, 6) is 0.704. The maximum atomic E-state index is 11.3. The molecule has 1 aromatic carbocycles. The highest BCUT2D eigenvalue weighted by molar-refractivity contribution is 7.89. The van der Waals surface area contributed by atoms with E-state index in [1.54, 1.807) is 6.07 Å². The molecule has 0 aromatic heterocycles. The van der Waals surface area contributed by atoms with Crippen LogP contribution in [0.25, 0.3) is 0 Å². The van der Waals surface area contributed by atoms with Crippen molar-refractivity contribution in [3.05, 3.63) is 18.2 Å². The van der Waals surface area contributed by atoms with E-state index in [0.717, 1.165) is 19.4 Å². The average Bonchev–Trinajstić information content (AvgIpc) is 2.29. The van der Waals surface area contributed by atoms with E-state index in [4.69, 9.17) is 10.9 Å². The predicted molar refractivity (Wildman–Crippen MR) is 79.4 cm³/mol. The molecular formula is C13H23N3O2S. The second-order valence-corrected chi connectivity index (χ2v) is 6.67. The molecule has 0 spiro atoms. The lowest BCUT2D eigenvalue weighted by Gasteiger charge is -2.11. The molecule has 0 aliphatic rings. The summed E-state index contributed by atoms with van der Waals surface area (Å²) >= 11 is 0. The molecule has 0 saturated carbocycles. The van der Waals surface area contributed by atoms with Crippen LogP contribution >= 0.6 is 0 Å². The Morgan fingerprint density at radius 3 is 2.53 bits per heavy atom. The molecule has 6 heteroatoms. The summed E-state index contributed by atoms with van der Waals surface area (Å²) in [7, 11) is -3.68. The lowest BCUT2D eigenvalue weighted by molar-refractivity contribution is 0.545. The van der Waals surface area contributed by atoms with Crippen molar-refractivity contribution in [3.63, 3.8) is 0 Å².